The van der Waals surface area contributed by atoms with Gasteiger partial charge in [0.15, 0.2) is 6.29 Å². The van der Waals surface area contributed by atoms with Crippen LogP contribution in [0.25, 0.3) is 10.9 Å². The maximum absolute atomic E-state index is 11.6. The number of benzene rings is 1. The van der Waals surface area contributed by atoms with Crippen molar-refractivity contribution < 1.29 is 4.79 Å². The third-order valence-corrected chi connectivity index (χ3v) is 4.05. The topological polar surface area (TPSA) is 34.9 Å². The van der Waals surface area contributed by atoms with Gasteiger partial charge >= 0.3 is 0 Å². The van der Waals surface area contributed by atoms with Gasteiger partial charge in [0, 0.05) is 29.4 Å². The SMILES string of the molecule is CC(C)c1c(C=O)c2cnc(Cl)cc2n1Cc1ccccc1. The molecule has 1 aromatic carbocycles. The van der Waals surface area contributed by atoms with Crippen LogP contribution in [0.2, 0.25) is 5.15 Å². The lowest BCUT2D eigenvalue weighted by atomic mass is 10.0. The lowest BCUT2D eigenvalue weighted by Crippen LogP contribution is -2.07. The Balaban J connectivity index is 2.28. The highest BCUT2D eigenvalue weighted by atomic mass is 35.5. The smallest absolute Gasteiger partial charge is 0.152 e. The van der Waals surface area contributed by atoms with Crippen LogP contribution in [0.15, 0.2) is 42.6 Å². The van der Waals surface area contributed by atoms with E-state index in [2.05, 4.69) is 35.5 Å². The molecule has 0 aliphatic rings. The lowest BCUT2D eigenvalue weighted by molar-refractivity contribution is 0.112. The summed E-state index contributed by atoms with van der Waals surface area (Å²) < 4.78 is 2.17. The number of aldehydes is 1. The average Bonchev–Trinajstić information content (AvgIpc) is 2.81. The highest BCUT2D eigenvalue weighted by Crippen LogP contribution is 2.31. The van der Waals surface area contributed by atoms with Crippen molar-refractivity contribution in [3.63, 3.8) is 0 Å². The number of carbonyl (C=O) groups is 1. The van der Waals surface area contributed by atoms with Crippen LogP contribution in [-0.2, 0) is 6.54 Å². The number of aromatic nitrogens is 2. The molecule has 3 rings (SSSR count). The van der Waals surface area contributed by atoms with Crippen molar-refractivity contribution in [3.05, 3.63) is 64.6 Å². The summed E-state index contributed by atoms with van der Waals surface area (Å²) >= 11 is 6.07. The summed E-state index contributed by atoms with van der Waals surface area (Å²) in [6.07, 6.45) is 2.61. The zero-order valence-corrected chi connectivity index (χ0v) is 13.3. The van der Waals surface area contributed by atoms with Crippen molar-refractivity contribution in [1.29, 1.82) is 0 Å². The standard InChI is InChI=1S/C18H17ClN2O/c1-12(2)18-15(11-22)14-9-20-17(19)8-16(14)21(18)10-13-6-4-3-5-7-13/h3-9,11-12H,10H2,1-2H3. The van der Waals surface area contributed by atoms with E-state index in [9.17, 15) is 4.79 Å². The average molecular weight is 313 g/mol. The molecule has 0 radical (unpaired) electrons. The molecule has 0 bridgehead atoms. The van der Waals surface area contributed by atoms with E-state index in [1.807, 2.05) is 24.3 Å². The van der Waals surface area contributed by atoms with Gasteiger partial charge in [-0.25, -0.2) is 4.98 Å². The second kappa shape index (κ2) is 5.93. The van der Waals surface area contributed by atoms with Gasteiger partial charge < -0.3 is 4.57 Å². The lowest BCUT2D eigenvalue weighted by Gasteiger charge is -2.14. The van der Waals surface area contributed by atoms with Gasteiger partial charge in [-0.15, -0.1) is 0 Å². The number of nitrogens with zero attached hydrogens (tertiary/aromatic N) is 2. The first kappa shape index (κ1) is 14.8. The minimum absolute atomic E-state index is 0.232. The van der Waals surface area contributed by atoms with Crippen molar-refractivity contribution in [2.45, 2.75) is 26.3 Å². The maximum Gasteiger partial charge on any atom is 0.152 e. The third kappa shape index (κ3) is 2.53. The second-order valence-corrected chi connectivity index (χ2v) is 6.05. The Morgan fingerprint density at radius 2 is 2.00 bits per heavy atom. The molecule has 0 saturated heterocycles. The van der Waals surface area contributed by atoms with E-state index in [1.54, 1.807) is 6.20 Å². The van der Waals surface area contributed by atoms with Gasteiger partial charge in [-0.3, -0.25) is 4.79 Å². The van der Waals surface area contributed by atoms with Crippen molar-refractivity contribution in [2.75, 3.05) is 0 Å². The maximum atomic E-state index is 11.6. The van der Waals surface area contributed by atoms with Crippen LogP contribution >= 0.6 is 11.6 Å². The summed E-state index contributed by atoms with van der Waals surface area (Å²) in [5.41, 5.74) is 3.88. The highest BCUT2D eigenvalue weighted by Gasteiger charge is 2.19. The van der Waals surface area contributed by atoms with Crippen LogP contribution in [0.3, 0.4) is 0 Å². The monoisotopic (exact) mass is 312 g/mol. The van der Waals surface area contributed by atoms with Crippen LogP contribution in [0.5, 0.6) is 0 Å². The molecule has 0 aliphatic carbocycles. The van der Waals surface area contributed by atoms with E-state index in [-0.39, 0.29) is 5.92 Å². The summed E-state index contributed by atoms with van der Waals surface area (Å²) in [4.78, 5) is 15.8. The van der Waals surface area contributed by atoms with Gasteiger partial charge in [0.2, 0.25) is 0 Å². The molecule has 0 atom stereocenters. The molecule has 4 heteroatoms. The van der Waals surface area contributed by atoms with Crippen molar-refractivity contribution in [3.8, 4) is 0 Å². The quantitative estimate of drug-likeness (QED) is 0.518. The van der Waals surface area contributed by atoms with Crippen molar-refractivity contribution >= 4 is 28.8 Å². The molecule has 3 aromatic rings. The van der Waals surface area contributed by atoms with Gasteiger partial charge in [-0.2, -0.15) is 0 Å². The van der Waals surface area contributed by atoms with E-state index in [0.717, 1.165) is 22.9 Å². The number of hydrogen-bond donors (Lipinski definition) is 0. The summed E-state index contributed by atoms with van der Waals surface area (Å²) in [6, 6.07) is 12.0. The van der Waals surface area contributed by atoms with E-state index < -0.39 is 0 Å². The fraction of sp³-hybridized carbons (Fsp3) is 0.222. The molecule has 0 saturated carbocycles. The van der Waals surface area contributed by atoms with Gasteiger partial charge in [-0.1, -0.05) is 55.8 Å². The van der Waals surface area contributed by atoms with E-state index >= 15 is 0 Å². The molecule has 2 heterocycles. The third-order valence-electron chi connectivity index (χ3n) is 3.84. The van der Waals surface area contributed by atoms with E-state index in [4.69, 9.17) is 11.6 Å². The number of carbonyl (C=O) groups excluding carboxylic acids is 1. The van der Waals surface area contributed by atoms with Crippen LogP contribution in [0, 0.1) is 0 Å². The van der Waals surface area contributed by atoms with Crippen LogP contribution in [0.4, 0.5) is 0 Å². The number of hydrogen-bond acceptors (Lipinski definition) is 2. The molecular formula is C18H17ClN2O. The molecule has 0 amide bonds. The first-order valence-electron chi connectivity index (χ1n) is 7.28. The predicted octanol–water partition coefficient (Wildman–Crippen LogP) is 4.67. The first-order valence-corrected chi connectivity index (χ1v) is 7.66. The Hall–Kier alpha value is -2.13. The molecule has 0 aliphatic heterocycles. The molecule has 2 aromatic heterocycles. The molecule has 22 heavy (non-hydrogen) atoms. The number of rotatable bonds is 4. The zero-order chi connectivity index (χ0) is 15.7. The number of halogens is 1. The number of fused-ring (bicyclic) bond motifs is 1. The number of pyridine rings is 1. The van der Waals surface area contributed by atoms with Crippen molar-refractivity contribution in [1.82, 2.24) is 9.55 Å². The zero-order valence-electron chi connectivity index (χ0n) is 12.6. The predicted molar refractivity (Wildman–Crippen MR) is 89.8 cm³/mol. The molecule has 0 fully saturated rings. The molecule has 112 valence electrons. The van der Waals surface area contributed by atoms with Crippen LogP contribution in [0.1, 0.15) is 41.4 Å². The molecule has 0 spiro atoms. The minimum Gasteiger partial charge on any atom is -0.339 e. The minimum atomic E-state index is 0.232. The Morgan fingerprint density at radius 1 is 1.27 bits per heavy atom. The normalized spacial score (nSPS) is 11.3. The Bertz CT molecular complexity index is 822. The van der Waals surface area contributed by atoms with Gasteiger partial charge in [0.05, 0.1) is 5.52 Å². The summed E-state index contributed by atoms with van der Waals surface area (Å²) in [6.45, 7) is 4.90. The summed E-state index contributed by atoms with van der Waals surface area (Å²) in [5.74, 6) is 0.232. The molecule has 3 nitrogen and oxygen atoms in total. The van der Waals surface area contributed by atoms with E-state index in [0.29, 0.717) is 17.3 Å². The fourth-order valence-corrected chi connectivity index (χ4v) is 3.10. The molecular weight excluding hydrogens is 296 g/mol. The highest BCUT2D eigenvalue weighted by molar-refractivity contribution is 6.30. The summed E-state index contributed by atoms with van der Waals surface area (Å²) in [7, 11) is 0. The van der Waals surface area contributed by atoms with Gasteiger partial charge in [-0.05, 0) is 17.5 Å². The van der Waals surface area contributed by atoms with Crippen LogP contribution in [-0.4, -0.2) is 15.8 Å². The Kier molecular flexibility index (Phi) is 3.99. The van der Waals surface area contributed by atoms with Gasteiger partial charge in [0.1, 0.15) is 5.15 Å². The van der Waals surface area contributed by atoms with Crippen LogP contribution < -0.4 is 0 Å². The van der Waals surface area contributed by atoms with Crippen molar-refractivity contribution in [2.24, 2.45) is 0 Å². The summed E-state index contributed by atoms with van der Waals surface area (Å²) in [5, 5.41) is 1.30. The molecule has 0 N–H and O–H groups in total. The largest absolute Gasteiger partial charge is 0.339 e. The van der Waals surface area contributed by atoms with E-state index in [1.165, 1.54) is 5.56 Å². The Labute approximate surface area is 134 Å². The van der Waals surface area contributed by atoms with Gasteiger partial charge in [0.25, 0.3) is 0 Å². The molecule has 0 unspecified atom stereocenters. The Morgan fingerprint density at radius 3 is 2.64 bits per heavy atom. The first-order chi connectivity index (χ1) is 10.6. The fourth-order valence-electron chi connectivity index (χ4n) is 2.95. The second-order valence-electron chi connectivity index (χ2n) is 5.67.